The van der Waals surface area contributed by atoms with Crippen molar-refractivity contribution in [1.82, 2.24) is 10.4 Å². The molecule has 112 valence electrons. The highest BCUT2D eigenvalue weighted by Crippen LogP contribution is 2.11. The average Bonchev–Trinajstić information content (AvgIpc) is 2.52. The second kappa shape index (κ2) is 7.91. The SMILES string of the molecule is CCc1ccc(CC(CCc2cccc(C)c2)NN)nc1. The minimum atomic E-state index is 0.255. The molecule has 1 atom stereocenters. The summed E-state index contributed by atoms with van der Waals surface area (Å²) in [6, 6.07) is 13.2. The lowest BCUT2D eigenvalue weighted by molar-refractivity contribution is 0.487. The molecule has 0 spiro atoms. The van der Waals surface area contributed by atoms with Gasteiger partial charge in [0.1, 0.15) is 0 Å². The summed E-state index contributed by atoms with van der Waals surface area (Å²) in [5.41, 5.74) is 7.97. The molecule has 3 nitrogen and oxygen atoms in total. The summed E-state index contributed by atoms with van der Waals surface area (Å²) < 4.78 is 0. The first-order valence-corrected chi connectivity index (χ1v) is 7.66. The van der Waals surface area contributed by atoms with Crippen molar-refractivity contribution >= 4 is 0 Å². The first-order valence-electron chi connectivity index (χ1n) is 7.66. The first kappa shape index (κ1) is 15.7. The van der Waals surface area contributed by atoms with Crippen LogP contribution in [0.4, 0.5) is 0 Å². The zero-order valence-electron chi connectivity index (χ0n) is 13.0. The number of pyridine rings is 1. The second-order valence-corrected chi connectivity index (χ2v) is 5.61. The summed E-state index contributed by atoms with van der Waals surface area (Å²) in [6.45, 7) is 4.27. The van der Waals surface area contributed by atoms with Crippen molar-refractivity contribution in [3.8, 4) is 0 Å². The van der Waals surface area contributed by atoms with Crippen molar-refractivity contribution in [1.29, 1.82) is 0 Å². The van der Waals surface area contributed by atoms with E-state index in [4.69, 9.17) is 5.84 Å². The molecule has 1 aromatic heterocycles. The van der Waals surface area contributed by atoms with Crippen molar-refractivity contribution in [3.63, 3.8) is 0 Å². The molecule has 0 bridgehead atoms. The average molecular weight is 283 g/mol. The Morgan fingerprint density at radius 1 is 1.19 bits per heavy atom. The molecule has 0 radical (unpaired) electrons. The Hall–Kier alpha value is -1.71. The number of benzene rings is 1. The van der Waals surface area contributed by atoms with Gasteiger partial charge in [0.25, 0.3) is 0 Å². The maximum Gasteiger partial charge on any atom is 0.0419 e. The van der Waals surface area contributed by atoms with Crippen LogP contribution >= 0.6 is 0 Å². The van der Waals surface area contributed by atoms with Gasteiger partial charge in [0.2, 0.25) is 0 Å². The summed E-state index contributed by atoms with van der Waals surface area (Å²) >= 11 is 0. The molecule has 0 amide bonds. The fourth-order valence-corrected chi connectivity index (χ4v) is 2.49. The zero-order valence-corrected chi connectivity index (χ0v) is 13.0. The van der Waals surface area contributed by atoms with Gasteiger partial charge < -0.3 is 0 Å². The molecular formula is C18H25N3. The van der Waals surface area contributed by atoms with E-state index in [2.05, 4.69) is 60.7 Å². The third kappa shape index (κ3) is 4.96. The molecule has 0 fully saturated rings. The van der Waals surface area contributed by atoms with Crippen LogP contribution in [0.5, 0.6) is 0 Å². The van der Waals surface area contributed by atoms with E-state index < -0.39 is 0 Å². The van der Waals surface area contributed by atoms with Crippen LogP contribution in [0.25, 0.3) is 0 Å². The van der Waals surface area contributed by atoms with Crippen LogP contribution in [-0.2, 0) is 19.3 Å². The monoisotopic (exact) mass is 283 g/mol. The van der Waals surface area contributed by atoms with Crippen molar-refractivity contribution in [3.05, 3.63) is 65.0 Å². The lowest BCUT2D eigenvalue weighted by atomic mass is 10.0. The van der Waals surface area contributed by atoms with E-state index in [1.54, 1.807) is 0 Å². The zero-order chi connectivity index (χ0) is 15.1. The van der Waals surface area contributed by atoms with Crippen molar-refractivity contribution in [2.24, 2.45) is 5.84 Å². The molecule has 1 unspecified atom stereocenters. The molecule has 21 heavy (non-hydrogen) atoms. The minimum Gasteiger partial charge on any atom is -0.271 e. The Bertz CT molecular complexity index is 549. The topological polar surface area (TPSA) is 50.9 Å². The number of aromatic nitrogens is 1. The summed E-state index contributed by atoms with van der Waals surface area (Å²) in [7, 11) is 0. The molecule has 0 aliphatic rings. The van der Waals surface area contributed by atoms with Crippen LogP contribution in [0.15, 0.2) is 42.6 Å². The van der Waals surface area contributed by atoms with Crippen LogP contribution in [-0.4, -0.2) is 11.0 Å². The fourth-order valence-electron chi connectivity index (χ4n) is 2.49. The van der Waals surface area contributed by atoms with E-state index in [1.165, 1.54) is 16.7 Å². The highest BCUT2D eigenvalue weighted by molar-refractivity contribution is 5.22. The van der Waals surface area contributed by atoms with Gasteiger partial charge in [-0.2, -0.15) is 0 Å². The quantitative estimate of drug-likeness (QED) is 0.607. The van der Waals surface area contributed by atoms with Gasteiger partial charge in [-0.05, 0) is 43.4 Å². The van der Waals surface area contributed by atoms with E-state index in [-0.39, 0.29) is 6.04 Å². The summed E-state index contributed by atoms with van der Waals surface area (Å²) in [5, 5.41) is 0. The van der Waals surface area contributed by atoms with Gasteiger partial charge in [0.15, 0.2) is 0 Å². The first-order chi connectivity index (χ1) is 10.2. The molecule has 2 rings (SSSR count). The van der Waals surface area contributed by atoms with Crippen LogP contribution in [0.2, 0.25) is 0 Å². The molecule has 3 N–H and O–H groups in total. The maximum atomic E-state index is 5.69. The summed E-state index contributed by atoms with van der Waals surface area (Å²) in [5.74, 6) is 5.69. The predicted octanol–water partition coefficient (Wildman–Crippen LogP) is 2.96. The Kier molecular flexibility index (Phi) is 5.90. The van der Waals surface area contributed by atoms with E-state index in [0.29, 0.717) is 0 Å². The van der Waals surface area contributed by atoms with Crippen molar-refractivity contribution in [2.45, 2.75) is 45.6 Å². The number of nitrogens with one attached hydrogen (secondary N) is 1. The van der Waals surface area contributed by atoms with Crippen molar-refractivity contribution < 1.29 is 0 Å². The number of aryl methyl sites for hydroxylation is 3. The Morgan fingerprint density at radius 2 is 2.05 bits per heavy atom. The van der Waals surface area contributed by atoms with E-state index in [1.807, 2.05) is 6.20 Å². The highest BCUT2D eigenvalue weighted by Gasteiger charge is 2.09. The third-order valence-corrected chi connectivity index (χ3v) is 3.85. The van der Waals surface area contributed by atoms with Gasteiger partial charge in [-0.15, -0.1) is 0 Å². The van der Waals surface area contributed by atoms with Gasteiger partial charge >= 0.3 is 0 Å². The van der Waals surface area contributed by atoms with Crippen LogP contribution in [0, 0.1) is 6.92 Å². The molecule has 0 saturated heterocycles. The number of nitrogens with zero attached hydrogens (tertiary/aromatic N) is 1. The van der Waals surface area contributed by atoms with E-state index in [9.17, 15) is 0 Å². The van der Waals surface area contributed by atoms with Crippen molar-refractivity contribution in [2.75, 3.05) is 0 Å². The molecule has 2 aromatic rings. The molecule has 0 aliphatic heterocycles. The molecule has 0 saturated carbocycles. The smallest absolute Gasteiger partial charge is 0.0419 e. The minimum absolute atomic E-state index is 0.255. The Labute approximate surface area is 127 Å². The van der Waals surface area contributed by atoms with Gasteiger partial charge in [-0.1, -0.05) is 42.8 Å². The molecule has 1 aromatic carbocycles. The highest BCUT2D eigenvalue weighted by atomic mass is 15.2. The number of rotatable bonds is 7. The second-order valence-electron chi connectivity index (χ2n) is 5.61. The number of hydrazine groups is 1. The van der Waals surface area contributed by atoms with Crippen LogP contribution < -0.4 is 11.3 Å². The molecular weight excluding hydrogens is 258 g/mol. The summed E-state index contributed by atoms with van der Waals surface area (Å²) in [4.78, 5) is 4.51. The molecule has 3 heteroatoms. The van der Waals surface area contributed by atoms with Crippen LogP contribution in [0.3, 0.4) is 0 Å². The summed E-state index contributed by atoms with van der Waals surface area (Å²) in [6.07, 6.45) is 5.90. The largest absolute Gasteiger partial charge is 0.271 e. The van der Waals surface area contributed by atoms with E-state index >= 15 is 0 Å². The number of hydrogen-bond donors (Lipinski definition) is 2. The molecule has 0 aliphatic carbocycles. The van der Waals surface area contributed by atoms with Gasteiger partial charge in [-0.25, -0.2) is 0 Å². The number of hydrogen-bond acceptors (Lipinski definition) is 3. The fraction of sp³-hybridized carbons (Fsp3) is 0.389. The predicted molar refractivity (Wildman–Crippen MR) is 87.9 cm³/mol. The maximum absolute atomic E-state index is 5.69. The Morgan fingerprint density at radius 3 is 2.67 bits per heavy atom. The normalized spacial score (nSPS) is 12.3. The lowest BCUT2D eigenvalue weighted by Gasteiger charge is -2.15. The van der Waals surface area contributed by atoms with Gasteiger partial charge in [0.05, 0.1) is 0 Å². The van der Waals surface area contributed by atoms with E-state index in [0.717, 1.165) is 31.4 Å². The third-order valence-electron chi connectivity index (χ3n) is 3.85. The van der Waals surface area contributed by atoms with Gasteiger partial charge in [0, 0.05) is 24.4 Å². The Balaban J connectivity index is 1.90. The van der Waals surface area contributed by atoms with Crippen LogP contribution in [0.1, 0.15) is 35.7 Å². The number of nitrogens with two attached hydrogens (primary N) is 1. The van der Waals surface area contributed by atoms with Gasteiger partial charge in [-0.3, -0.25) is 16.3 Å². The standard InChI is InChI=1S/C18H25N3/c1-3-15-7-9-17(20-13-15)12-18(21-19)10-8-16-6-4-5-14(2)11-16/h4-7,9,11,13,18,21H,3,8,10,12,19H2,1-2H3. The molecule has 1 heterocycles. The lowest BCUT2D eigenvalue weighted by Crippen LogP contribution is -2.37.